The molecule has 0 aliphatic heterocycles. The molecule has 3 heterocycles. The van der Waals surface area contributed by atoms with E-state index in [4.69, 9.17) is 28.2 Å². The Hall–Kier alpha value is -2.46. The third-order valence-corrected chi connectivity index (χ3v) is 7.56. The Kier molecular flexibility index (Phi) is 6.76. The summed E-state index contributed by atoms with van der Waals surface area (Å²) in [4.78, 5) is 20.6. The lowest BCUT2D eigenvalue weighted by Crippen LogP contribution is -2.09. The molecule has 6 nitrogen and oxygen atoms in total. The molecule has 1 N–H and O–H groups in total. The Morgan fingerprint density at radius 2 is 1.94 bits per heavy atom. The molecule has 0 atom stereocenters. The summed E-state index contributed by atoms with van der Waals surface area (Å²) >= 11 is 15.2. The van der Waals surface area contributed by atoms with Crippen LogP contribution in [0.2, 0.25) is 10.0 Å². The molecule has 170 valence electrons. The van der Waals surface area contributed by atoms with E-state index in [-0.39, 0.29) is 10.9 Å². The van der Waals surface area contributed by atoms with Crippen molar-refractivity contribution in [3.8, 4) is 27.5 Å². The summed E-state index contributed by atoms with van der Waals surface area (Å²) in [5.41, 5.74) is 2.44. The second-order valence-corrected chi connectivity index (χ2v) is 11.0. The summed E-state index contributed by atoms with van der Waals surface area (Å²) in [7, 11) is 0. The number of thiazole rings is 1. The van der Waals surface area contributed by atoms with Crippen LogP contribution in [-0.4, -0.2) is 36.1 Å². The maximum absolute atomic E-state index is 13.8. The molecule has 0 unspecified atom stereocenters. The molecule has 0 spiro atoms. The van der Waals surface area contributed by atoms with Crippen LogP contribution in [-0.2, 0) is 0 Å². The SMILES string of the molecule is Cc1nn(-c2nc(-c3ccc(Cl)c(Cl)c3)c(SC(C)C)s2)c(C(=O)O)c1-c1ccnc(F)c1. The first-order valence-electron chi connectivity index (χ1n) is 9.73. The molecule has 0 amide bonds. The highest BCUT2D eigenvalue weighted by Crippen LogP contribution is 2.42. The number of benzene rings is 1. The van der Waals surface area contributed by atoms with Gasteiger partial charge in [0.2, 0.25) is 11.1 Å². The van der Waals surface area contributed by atoms with E-state index in [1.54, 1.807) is 36.9 Å². The third-order valence-electron chi connectivity index (χ3n) is 4.58. The van der Waals surface area contributed by atoms with Crippen LogP contribution in [0.4, 0.5) is 4.39 Å². The summed E-state index contributed by atoms with van der Waals surface area (Å²) in [5.74, 6) is -1.91. The van der Waals surface area contributed by atoms with Gasteiger partial charge in [-0.25, -0.2) is 14.8 Å². The highest BCUT2D eigenvalue weighted by Gasteiger charge is 2.27. The number of rotatable bonds is 6. The van der Waals surface area contributed by atoms with Crippen molar-refractivity contribution in [1.29, 1.82) is 0 Å². The second-order valence-electron chi connectivity index (χ2n) is 7.32. The predicted molar refractivity (Wildman–Crippen MR) is 131 cm³/mol. The summed E-state index contributed by atoms with van der Waals surface area (Å²) in [6.07, 6.45) is 1.29. The monoisotopic (exact) mass is 522 g/mol. The van der Waals surface area contributed by atoms with E-state index in [1.807, 2.05) is 6.07 Å². The zero-order valence-corrected chi connectivity index (χ0v) is 20.8. The van der Waals surface area contributed by atoms with E-state index >= 15 is 0 Å². The van der Waals surface area contributed by atoms with Gasteiger partial charge in [0.1, 0.15) is 0 Å². The topological polar surface area (TPSA) is 80.9 Å². The molecule has 0 aliphatic carbocycles. The molecule has 1 aromatic carbocycles. The normalized spacial score (nSPS) is 11.4. The Bertz CT molecular complexity index is 1370. The molecular formula is C22H17Cl2FN4O2S2. The number of nitrogens with zero attached hydrogens (tertiary/aromatic N) is 4. The maximum atomic E-state index is 13.8. The summed E-state index contributed by atoms with van der Waals surface area (Å²) in [6, 6.07) is 7.97. The lowest BCUT2D eigenvalue weighted by molar-refractivity contribution is 0.0688. The second kappa shape index (κ2) is 9.42. The van der Waals surface area contributed by atoms with Crippen LogP contribution in [0.25, 0.3) is 27.5 Å². The number of carboxylic acid groups (broad SMARTS) is 1. The van der Waals surface area contributed by atoms with Crippen LogP contribution < -0.4 is 0 Å². The van der Waals surface area contributed by atoms with Crippen LogP contribution in [0.15, 0.2) is 40.7 Å². The van der Waals surface area contributed by atoms with Crippen LogP contribution in [0.5, 0.6) is 0 Å². The summed E-state index contributed by atoms with van der Waals surface area (Å²) in [5, 5.41) is 15.9. The standard InChI is InChI=1S/C22H17Cl2FN4O2S2/c1-10(2)32-21-18(13-4-5-14(23)15(24)8-13)27-22(33-21)29-19(20(30)31)17(11(3)28-29)12-6-7-26-16(25)9-12/h4-10H,1-3H3,(H,30,31). The number of aromatic carboxylic acids is 1. The van der Waals surface area contributed by atoms with Crippen LogP contribution in [0.1, 0.15) is 30.0 Å². The van der Waals surface area contributed by atoms with E-state index in [0.717, 1.165) is 9.77 Å². The fourth-order valence-electron chi connectivity index (χ4n) is 3.27. The molecule has 0 radical (unpaired) electrons. The molecule has 11 heteroatoms. The fourth-order valence-corrected chi connectivity index (χ4v) is 6.05. The van der Waals surface area contributed by atoms with E-state index in [9.17, 15) is 14.3 Å². The summed E-state index contributed by atoms with van der Waals surface area (Å²) < 4.78 is 15.9. The average molecular weight is 523 g/mol. The van der Waals surface area contributed by atoms with Crippen molar-refractivity contribution in [2.45, 2.75) is 30.2 Å². The van der Waals surface area contributed by atoms with Crippen molar-refractivity contribution in [2.75, 3.05) is 0 Å². The molecule has 3 aromatic heterocycles. The lowest BCUT2D eigenvalue weighted by atomic mass is 10.0. The van der Waals surface area contributed by atoms with Gasteiger partial charge < -0.3 is 5.11 Å². The van der Waals surface area contributed by atoms with E-state index in [1.165, 1.54) is 28.3 Å². The Morgan fingerprint density at radius 1 is 1.18 bits per heavy atom. The quantitative estimate of drug-likeness (QED) is 0.216. The number of hydrogen-bond acceptors (Lipinski definition) is 6. The molecule has 0 bridgehead atoms. The Morgan fingerprint density at radius 3 is 2.58 bits per heavy atom. The maximum Gasteiger partial charge on any atom is 0.355 e. The van der Waals surface area contributed by atoms with Crippen molar-refractivity contribution in [2.24, 2.45) is 0 Å². The van der Waals surface area contributed by atoms with Crippen LogP contribution >= 0.6 is 46.3 Å². The molecule has 0 saturated heterocycles. The summed E-state index contributed by atoms with van der Waals surface area (Å²) in [6.45, 7) is 5.78. The number of aryl methyl sites for hydroxylation is 1. The smallest absolute Gasteiger partial charge is 0.355 e. The zero-order chi connectivity index (χ0) is 23.9. The largest absolute Gasteiger partial charge is 0.476 e. The molecule has 4 rings (SSSR count). The molecular weight excluding hydrogens is 506 g/mol. The highest BCUT2D eigenvalue weighted by atomic mass is 35.5. The van der Waals surface area contributed by atoms with Crippen LogP contribution in [0.3, 0.4) is 0 Å². The number of pyridine rings is 1. The van der Waals surface area contributed by atoms with Crippen LogP contribution in [0, 0.1) is 12.9 Å². The first-order chi connectivity index (χ1) is 15.7. The number of halogens is 3. The first kappa shape index (κ1) is 23.7. The van der Waals surface area contributed by atoms with Crippen molar-refractivity contribution in [3.63, 3.8) is 0 Å². The van der Waals surface area contributed by atoms with Gasteiger partial charge in [0, 0.05) is 28.6 Å². The molecule has 33 heavy (non-hydrogen) atoms. The van der Waals surface area contributed by atoms with Gasteiger partial charge in [0.15, 0.2) is 5.69 Å². The van der Waals surface area contributed by atoms with Gasteiger partial charge in [-0.05, 0) is 30.7 Å². The third kappa shape index (κ3) is 4.77. The Balaban J connectivity index is 1.92. The van der Waals surface area contributed by atoms with Gasteiger partial charge in [0.25, 0.3) is 0 Å². The average Bonchev–Trinajstić information content (AvgIpc) is 3.30. The fraction of sp³-hybridized carbons (Fsp3) is 0.182. The highest BCUT2D eigenvalue weighted by molar-refractivity contribution is 8.01. The Labute approximate surface area is 207 Å². The van der Waals surface area contributed by atoms with E-state index in [2.05, 4.69) is 23.9 Å². The van der Waals surface area contributed by atoms with Crippen molar-refractivity contribution in [1.82, 2.24) is 19.7 Å². The van der Waals surface area contributed by atoms with Crippen molar-refractivity contribution >= 4 is 52.3 Å². The van der Waals surface area contributed by atoms with Gasteiger partial charge in [-0.15, -0.1) is 11.8 Å². The van der Waals surface area contributed by atoms with Gasteiger partial charge in [-0.1, -0.05) is 54.5 Å². The van der Waals surface area contributed by atoms with E-state index < -0.39 is 11.9 Å². The van der Waals surface area contributed by atoms with Crippen molar-refractivity contribution in [3.05, 3.63) is 63.9 Å². The van der Waals surface area contributed by atoms with Gasteiger partial charge in [-0.3, -0.25) is 0 Å². The number of thioether (sulfide) groups is 1. The lowest BCUT2D eigenvalue weighted by Gasteiger charge is -2.05. The minimum atomic E-state index is -1.20. The van der Waals surface area contributed by atoms with Gasteiger partial charge in [0.05, 0.1) is 25.6 Å². The number of carboxylic acids is 1. The minimum Gasteiger partial charge on any atom is -0.476 e. The zero-order valence-electron chi connectivity index (χ0n) is 17.6. The first-order valence-corrected chi connectivity index (χ1v) is 12.2. The number of aromatic nitrogens is 4. The minimum absolute atomic E-state index is 0.103. The number of carbonyl (C=O) groups is 1. The van der Waals surface area contributed by atoms with E-state index in [0.29, 0.717) is 37.7 Å². The molecule has 0 saturated carbocycles. The molecule has 0 fully saturated rings. The number of hydrogen-bond donors (Lipinski definition) is 1. The predicted octanol–water partition coefficient (Wildman–Crippen LogP) is 7.01. The van der Waals surface area contributed by atoms with Crippen molar-refractivity contribution < 1.29 is 14.3 Å². The van der Waals surface area contributed by atoms with Gasteiger partial charge in [-0.2, -0.15) is 14.2 Å². The van der Waals surface area contributed by atoms with Gasteiger partial charge >= 0.3 is 5.97 Å². The molecule has 0 aliphatic rings. The molecule has 4 aromatic rings.